The van der Waals surface area contributed by atoms with E-state index in [9.17, 15) is 18.0 Å². The van der Waals surface area contributed by atoms with Gasteiger partial charge in [-0.3, -0.25) is 4.79 Å². The molecule has 0 unspecified atom stereocenters. The SMILES string of the molecule is O=C1CCN(c2ccc(Br)cc2OC(F)(F)F)C1. The summed E-state index contributed by atoms with van der Waals surface area (Å²) in [5.41, 5.74) is 0.279. The lowest BCUT2D eigenvalue weighted by Gasteiger charge is -2.21. The van der Waals surface area contributed by atoms with Gasteiger partial charge in [-0.15, -0.1) is 13.2 Å². The number of anilines is 1. The van der Waals surface area contributed by atoms with Crippen molar-refractivity contribution in [3.05, 3.63) is 22.7 Å². The third-order valence-corrected chi connectivity index (χ3v) is 3.01. The van der Waals surface area contributed by atoms with Crippen LogP contribution in [0.2, 0.25) is 0 Å². The first kappa shape index (κ1) is 13.2. The molecule has 0 N–H and O–H groups in total. The number of halogens is 4. The topological polar surface area (TPSA) is 29.5 Å². The van der Waals surface area contributed by atoms with E-state index in [1.54, 1.807) is 11.0 Å². The average molecular weight is 324 g/mol. The van der Waals surface area contributed by atoms with Gasteiger partial charge in [-0.25, -0.2) is 0 Å². The quantitative estimate of drug-likeness (QED) is 0.837. The summed E-state index contributed by atoms with van der Waals surface area (Å²) in [5.74, 6) is -0.289. The maximum atomic E-state index is 12.3. The third kappa shape index (κ3) is 3.16. The average Bonchev–Trinajstić information content (AvgIpc) is 2.62. The maximum absolute atomic E-state index is 12.3. The van der Waals surface area contributed by atoms with E-state index in [4.69, 9.17) is 0 Å². The second-order valence-corrected chi connectivity index (χ2v) is 4.79. The van der Waals surface area contributed by atoms with Gasteiger partial charge in [-0.1, -0.05) is 15.9 Å². The van der Waals surface area contributed by atoms with Crippen LogP contribution in [0.15, 0.2) is 22.7 Å². The number of rotatable bonds is 2. The van der Waals surface area contributed by atoms with E-state index in [0.717, 1.165) is 0 Å². The standard InChI is InChI=1S/C11H9BrF3NO2/c12-7-1-2-9(16-4-3-8(17)6-16)10(5-7)18-11(13,14)15/h1-2,5H,3-4,6H2. The van der Waals surface area contributed by atoms with Crippen LogP contribution >= 0.6 is 15.9 Å². The first-order chi connectivity index (χ1) is 8.35. The van der Waals surface area contributed by atoms with E-state index in [1.807, 2.05) is 0 Å². The van der Waals surface area contributed by atoms with Gasteiger partial charge in [-0.05, 0) is 18.2 Å². The van der Waals surface area contributed by atoms with Gasteiger partial charge in [-0.2, -0.15) is 0 Å². The Labute approximate surface area is 110 Å². The molecule has 3 nitrogen and oxygen atoms in total. The maximum Gasteiger partial charge on any atom is 0.573 e. The number of benzene rings is 1. The second kappa shape index (κ2) is 4.79. The molecule has 2 rings (SSSR count). The lowest BCUT2D eigenvalue weighted by molar-refractivity contribution is -0.274. The van der Waals surface area contributed by atoms with Crippen LogP contribution in [0.25, 0.3) is 0 Å². The Morgan fingerprint density at radius 1 is 1.33 bits per heavy atom. The molecule has 7 heteroatoms. The highest BCUT2D eigenvalue weighted by molar-refractivity contribution is 9.10. The molecule has 1 saturated heterocycles. The monoisotopic (exact) mass is 323 g/mol. The Morgan fingerprint density at radius 2 is 2.06 bits per heavy atom. The van der Waals surface area contributed by atoms with Gasteiger partial charge in [0, 0.05) is 17.4 Å². The molecule has 0 radical (unpaired) electrons. The number of ether oxygens (including phenoxy) is 1. The minimum absolute atomic E-state index is 0.0101. The zero-order valence-electron chi connectivity index (χ0n) is 9.13. The van der Waals surface area contributed by atoms with Gasteiger partial charge >= 0.3 is 6.36 Å². The largest absolute Gasteiger partial charge is 0.573 e. The summed E-state index contributed by atoms with van der Waals surface area (Å²) in [6.45, 7) is 0.532. The van der Waals surface area contributed by atoms with E-state index >= 15 is 0 Å². The molecule has 0 amide bonds. The fourth-order valence-electron chi connectivity index (χ4n) is 1.79. The van der Waals surface area contributed by atoms with Crippen LogP contribution in [0.1, 0.15) is 6.42 Å². The van der Waals surface area contributed by atoms with E-state index in [0.29, 0.717) is 17.4 Å². The Bertz CT molecular complexity index is 476. The summed E-state index contributed by atoms with van der Waals surface area (Å²) in [6, 6.07) is 4.36. The number of ketones is 1. The Hall–Kier alpha value is -1.24. The smallest absolute Gasteiger partial charge is 0.404 e. The highest BCUT2D eigenvalue weighted by Gasteiger charge is 2.33. The minimum Gasteiger partial charge on any atom is -0.404 e. The van der Waals surface area contributed by atoms with Crippen molar-refractivity contribution >= 4 is 27.4 Å². The van der Waals surface area contributed by atoms with Crippen molar-refractivity contribution < 1.29 is 22.7 Å². The molecule has 0 spiro atoms. The molecule has 1 aromatic carbocycles. The predicted molar refractivity (Wildman–Crippen MR) is 62.7 cm³/mol. The second-order valence-electron chi connectivity index (χ2n) is 3.87. The van der Waals surface area contributed by atoms with Gasteiger partial charge in [0.15, 0.2) is 11.5 Å². The van der Waals surface area contributed by atoms with Crippen molar-refractivity contribution in [2.45, 2.75) is 12.8 Å². The fourth-order valence-corrected chi connectivity index (χ4v) is 2.13. The van der Waals surface area contributed by atoms with E-state index in [2.05, 4.69) is 20.7 Å². The molecule has 0 bridgehead atoms. The summed E-state index contributed by atoms with van der Waals surface area (Å²) >= 11 is 3.09. The molecule has 1 heterocycles. The van der Waals surface area contributed by atoms with Gasteiger partial charge in [0.25, 0.3) is 0 Å². The molecule has 18 heavy (non-hydrogen) atoms. The lowest BCUT2D eigenvalue weighted by atomic mass is 10.2. The van der Waals surface area contributed by atoms with E-state index in [1.165, 1.54) is 12.1 Å². The van der Waals surface area contributed by atoms with Gasteiger partial charge in [0.05, 0.1) is 12.2 Å². The molecular weight excluding hydrogens is 315 g/mol. The van der Waals surface area contributed by atoms with Crippen LogP contribution in [-0.4, -0.2) is 25.2 Å². The van der Waals surface area contributed by atoms with Crippen LogP contribution in [0.4, 0.5) is 18.9 Å². The molecule has 1 fully saturated rings. The number of nitrogens with zero attached hydrogens (tertiary/aromatic N) is 1. The number of Topliss-reactive ketones (excluding diaryl/α,β-unsaturated/α-hetero) is 1. The molecule has 98 valence electrons. The lowest BCUT2D eigenvalue weighted by Crippen LogP contribution is -2.23. The van der Waals surface area contributed by atoms with Crippen LogP contribution in [-0.2, 0) is 4.79 Å². The molecule has 0 saturated carbocycles. The third-order valence-electron chi connectivity index (χ3n) is 2.52. The number of carbonyl (C=O) groups excluding carboxylic acids is 1. The Balaban J connectivity index is 2.31. The Morgan fingerprint density at radius 3 is 2.61 bits per heavy atom. The summed E-state index contributed by atoms with van der Waals surface area (Å²) in [4.78, 5) is 12.8. The van der Waals surface area contributed by atoms with E-state index in [-0.39, 0.29) is 23.8 Å². The number of hydrogen-bond donors (Lipinski definition) is 0. The summed E-state index contributed by atoms with van der Waals surface area (Å²) in [6.07, 6.45) is -4.40. The highest BCUT2D eigenvalue weighted by atomic mass is 79.9. The number of hydrogen-bond acceptors (Lipinski definition) is 3. The van der Waals surface area contributed by atoms with Crippen LogP contribution in [0, 0.1) is 0 Å². The van der Waals surface area contributed by atoms with E-state index < -0.39 is 6.36 Å². The molecule has 1 aliphatic rings. The normalized spacial score (nSPS) is 16.2. The highest BCUT2D eigenvalue weighted by Crippen LogP contribution is 2.36. The first-order valence-corrected chi connectivity index (χ1v) is 5.96. The van der Waals surface area contributed by atoms with Gasteiger partial charge in [0.2, 0.25) is 0 Å². The Kier molecular flexibility index (Phi) is 3.52. The van der Waals surface area contributed by atoms with Crippen LogP contribution in [0.5, 0.6) is 5.75 Å². The van der Waals surface area contributed by atoms with Crippen LogP contribution < -0.4 is 9.64 Å². The number of carbonyl (C=O) groups is 1. The zero-order chi connectivity index (χ0) is 13.3. The number of alkyl halides is 3. The zero-order valence-corrected chi connectivity index (χ0v) is 10.7. The van der Waals surface area contributed by atoms with Gasteiger partial charge in [0.1, 0.15) is 0 Å². The molecule has 0 aromatic heterocycles. The summed E-state index contributed by atoms with van der Waals surface area (Å²) < 4.78 is 41.3. The summed E-state index contributed by atoms with van der Waals surface area (Å²) in [7, 11) is 0. The van der Waals surface area contributed by atoms with Crippen molar-refractivity contribution in [1.82, 2.24) is 0 Å². The van der Waals surface area contributed by atoms with Crippen molar-refractivity contribution in [3.8, 4) is 5.75 Å². The first-order valence-electron chi connectivity index (χ1n) is 5.17. The molecule has 1 aliphatic heterocycles. The van der Waals surface area contributed by atoms with Crippen LogP contribution in [0.3, 0.4) is 0 Å². The van der Waals surface area contributed by atoms with Gasteiger partial charge < -0.3 is 9.64 Å². The molecule has 1 aromatic rings. The van der Waals surface area contributed by atoms with Crippen molar-refractivity contribution in [2.24, 2.45) is 0 Å². The molecule has 0 aliphatic carbocycles. The fraction of sp³-hybridized carbons (Fsp3) is 0.364. The van der Waals surface area contributed by atoms with Crippen molar-refractivity contribution in [1.29, 1.82) is 0 Å². The molecular formula is C11H9BrF3NO2. The summed E-state index contributed by atoms with van der Waals surface area (Å²) in [5, 5.41) is 0. The molecule has 0 atom stereocenters. The predicted octanol–water partition coefficient (Wildman–Crippen LogP) is 3.13. The minimum atomic E-state index is -4.75. The van der Waals surface area contributed by atoms with Crippen molar-refractivity contribution in [2.75, 3.05) is 18.0 Å². The van der Waals surface area contributed by atoms with Crippen molar-refractivity contribution in [3.63, 3.8) is 0 Å².